The summed E-state index contributed by atoms with van der Waals surface area (Å²) in [6.07, 6.45) is 0. The Labute approximate surface area is 45.2 Å². The summed E-state index contributed by atoms with van der Waals surface area (Å²) in [5.41, 5.74) is -3.78. The molecular weight excluding hydrogens is 141 g/mol. The summed E-state index contributed by atoms with van der Waals surface area (Å²) in [7, 11) is -4.93. The molecule has 50 valence electrons. The fourth-order valence-corrected chi connectivity index (χ4v) is 0. The van der Waals surface area contributed by atoms with E-state index in [4.69, 9.17) is 14.7 Å². The Bertz CT molecular complexity index is 70.3. The van der Waals surface area contributed by atoms with Crippen LogP contribution in [0.3, 0.4) is 0 Å². The van der Waals surface area contributed by atoms with Crippen LogP contribution in [0.4, 0.5) is 8.78 Å². The topological polar surface area (TPSA) is 60.7 Å². The summed E-state index contributed by atoms with van der Waals surface area (Å²) in [6.45, 7) is 0.237. The summed E-state index contributed by atoms with van der Waals surface area (Å²) in [5.74, 6) is 0. The van der Waals surface area contributed by atoms with Crippen LogP contribution in [-0.2, 0) is 0 Å². The molecule has 0 saturated carbocycles. The molecule has 0 aromatic carbocycles. The van der Waals surface area contributed by atoms with Crippen molar-refractivity contribution < 1.29 is 23.5 Å². The van der Waals surface area contributed by atoms with Crippen LogP contribution in [0.2, 0.25) is 0 Å². The van der Waals surface area contributed by atoms with E-state index in [1.54, 1.807) is 0 Å². The van der Waals surface area contributed by atoms with Crippen molar-refractivity contribution >= 4 is 7.94 Å². The zero-order valence-corrected chi connectivity index (χ0v) is 4.94. The first kappa shape index (κ1) is 8.17. The summed E-state index contributed by atoms with van der Waals surface area (Å²) >= 11 is 0. The molecule has 0 aliphatic carbocycles. The maximum atomic E-state index is 11.5. The molecule has 0 aromatic rings. The predicted molar refractivity (Wildman–Crippen MR) is 24.2 cm³/mol. The minimum absolute atomic E-state index is 0.237. The Morgan fingerprint density at radius 3 is 1.38 bits per heavy atom. The molecule has 8 heavy (non-hydrogen) atoms. The lowest BCUT2D eigenvalue weighted by molar-refractivity contribution is 0.0640. The lowest BCUT2D eigenvalue weighted by Crippen LogP contribution is -2.14. The van der Waals surface area contributed by atoms with Gasteiger partial charge in [0.15, 0.2) is 0 Å². The van der Waals surface area contributed by atoms with Crippen molar-refractivity contribution in [3.63, 3.8) is 0 Å². The van der Waals surface area contributed by atoms with Crippen LogP contribution in [0, 0.1) is 0 Å². The number of rotatable bonds is 1. The van der Waals surface area contributed by atoms with E-state index >= 15 is 0 Å². The van der Waals surface area contributed by atoms with Crippen molar-refractivity contribution in [3.8, 4) is 0 Å². The first-order valence-corrected chi connectivity index (χ1v) is 3.35. The van der Waals surface area contributed by atoms with Gasteiger partial charge in [0.1, 0.15) is 0 Å². The number of hydrogen-bond acceptors (Lipinski definition) is 3. The average Bonchev–Trinajstić information content (AvgIpc) is 1.25. The molecule has 0 radical (unpaired) electrons. The lowest BCUT2D eigenvalue weighted by Gasteiger charge is -2.09. The normalized spacial score (nSPS) is 14.2. The number of halogens is 2. The predicted octanol–water partition coefficient (Wildman–Crippen LogP) is 0.339. The van der Waals surface area contributed by atoms with Crippen molar-refractivity contribution in [1.29, 1.82) is 0 Å². The Balaban J connectivity index is 4.02. The molecule has 0 aromatic heterocycles. The average molecular weight is 147 g/mol. The van der Waals surface area contributed by atoms with Crippen LogP contribution in [0.5, 0.6) is 0 Å². The monoisotopic (exact) mass is 147 g/mol. The molecule has 0 spiro atoms. The van der Waals surface area contributed by atoms with Crippen molar-refractivity contribution in [2.24, 2.45) is 0 Å². The van der Waals surface area contributed by atoms with E-state index in [1.165, 1.54) is 0 Å². The third-order valence-electron chi connectivity index (χ3n) is 0.527. The van der Waals surface area contributed by atoms with E-state index < -0.39 is 13.6 Å². The van der Waals surface area contributed by atoms with Gasteiger partial charge in [-0.2, -0.15) is 23.5 Å². The van der Waals surface area contributed by atoms with Crippen LogP contribution in [0.15, 0.2) is 0 Å². The molecule has 0 atom stereocenters. The Kier molecular flexibility index (Phi) is 1.88. The molecule has 0 aliphatic rings. The van der Waals surface area contributed by atoms with Gasteiger partial charge >= 0.3 is 13.6 Å². The van der Waals surface area contributed by atoms with Crippen LogP contribution >= 0.6 is 7.94 Å². The zero-order valence-electron chi connectivity index (χ0n) is 4.04. The second kappa shape index (κ2) is 1.84. The molecule has 0 rings (SSSR count). The van der Waals surface area contributed by atoms with Gasteiger partial charge in [-0.1, -0.05) is 0 Å². The highest BCUT2D eigenvalue weighted by Gasteiger charge is 2.57. The minimum atomic E-state index is -4.93. The smallest absolute Gasteiger partial charge is 0.188 e. The van der Waals surface area contributed by atoms with E-state index in [2.05, 4.69) is 0 Å². The van der Waals surface area contributed by atoms with Gasteiger partial charge in [0.25, 0.3) is 0 Å². The lowest BCUT2D eigenvalue weighted by atomic mass is 10.9. The van der Waals surface area contributed by atoms with E-state index in [0.29, 0.717) is 0 Å². The molecule has 0 unspecified atom stereocenters. The SMILES string of the molecule is CC(F)(F)[P+](O)(O)O. The van der Waals surface area contributed by atoms with Crippen molar-refractivity contribution in [2.75, 3.05) is 0 Å². The minimum Gasteiger partial charge on any atom is -0.188 e. The fraction of sp³-hybridized carbons (Fsp3) is 1.00. The van der Waals surface area contributed by atoms with Gasteiger partial charge in [-0.25, -0.2) is 0 Å². The van der Waals surface area contributed by atoms with Gasteiger partial charge in [0.2, 0.25) is 0 Å². The highest BCUT2D eigenvalue weighted by molar-refractivity contribution is 7.59. The van der Waals surface area contributed by atoms with E-state index in [0.717, 1.165) is 0 Å². The summed E-state index contributed by atoms with van der Waals surface area (Å²) in [6, 6.07) is 0. The third kappa shape index (κ3) is 1.96. The van der Waals surface area contributed by atoms with Crippen LogP contribution in [0.25, 0.3) is 0 Å². The van der Waals surface area contributed by atoms with Crippen molar-refractivity contribution in [2.45, 2.75) is 12.6 Å². The fourth-order valence-electron chi connectivity index (χ4n) is 0. The molecule has 3 nitrogen and oxygen atoms in total. The van der Waals surface area contributed by atoms with Gasteiger partial charge < -0.3 is 0 Å². The summed E-state index contributed by atoms with van der Waals surface area (Å²) in [4.78, 5) is 23.5. The first-order chi connectivity index (χ1) is 3.25. The second-order valence-electron chi connectivity index (χ2n) is 1.41. The standard InChI is InChI=1S/C2H6F2O3P/c1-2(3,4)8(5,6)7/h5-7H,1H3/q+1. The molecule has 0 bridgehead atoms. The van der Waals surface area contributed by atoms with E-state index in [9.17, 15) is 8.78 Å². The molecule has 3 N–H and O–H groups in total. The van der Waals surface area contributed by atoms with Gasteiger partial charge in [-0.3, -0.25) is 0 Å². The highest BCUT2D eigenvalue weighted by Crippen LogP contribution is 2.59. The van der Waals surface area contributed by atoms with Crippen molar-refractivity contribution in [3.05, 3.63) is 0 Å². The quantitative estimate of drug-likeness (QED) is 0.468. The highest BCUT2D eigenvalue weighted by atomic mass is 31.2. The van der Waals surface area contributed by atoms with Crippen LogP contribution < -0.4 is 0 Å². The molecule has 6 heteroatoms. The summed E-state index contributed by atoms with van der Waals surface area (Å²) < 4.78 is 23.1. The Morgan fingerprint density at radius 2 is 1.38 bits per heavy atom. The zero-order chi connectivity index (χ0) is 7.00. The molecule has 0 fully saturated rings. The number of hydrogen-bond donors (Lipinski definition) is 3. The Hall–Kier alpha value is 0.170. The largest absolute Gasteiger partial charge is 0.478 e. The second-order valence-corrected chi connectivity index (χ2v) is 3.33. The van der Waals surface area contributed by atoms with Gasteiger partial charge in [-0.15, -0.1) is 0 Å². The third-order valence-corrected chi connectivity index (χ3v) is 1.58. The van der Waals surface area contributed by atoms with E-state index in [1.807, 2.05) is 0 Å². The summed E-state index contributed by atoms with van der Waals surface area (Å²) in [5, 5.41) is 0. The van der Waals surface area contributed by atoms with Gasteiger partial charge in [0, 0.05) is 6.92 Å². The molecule has 0 amide bonds. The molecular formula is C2H6F2O3P+. The van der Waals surface area contributed by atoms with Crippen LogP contribution in [0.1, 0.15) is 6.92 Å². The first-order valence-electron chi connectivity index (χ1n) is 1.70. The maximum absolute atomic E-state index is 11.5. The molecule has 0 heterocycles. The van der Waals surface area contributed by atoms with E-state index in [-0.39, 0.29) is 6.92 Å². The Morgan fingerprint density at radius 1 is 1.25 bits per heavy atom. The van der Waals surface area contributed by atoms with Crippen molar-refractivity contribution in [1.82, 2.24) is 0 Å². The molecule has 0 aliphatic heterocycles. The number of alkyl halides is 2. The van der Waals surface area contributed by atoms with Gasteiger partial charge in [-0.05, 0) is 0 Å². The maximum Gasteiger partial charge on any atom is 0.478 e. The molecule has 0 saturated heterocycles. The van der Waals surface area contributed by atoms with Crippen LogP contribution in [-0.4, -0.2) is 20.3 Å². The van der Waals surface area contributed by atoms with Gasteiger partial charge in [0.05, 0.1) is 0 Å².